The Kier molecular flexibility index (Phi) is 2.35. The van der Waals surface area contributed by atoms with Crippen LogP contribution in [0.1, 0.15) is 18.1 Å². The van der Waals surface area contributed by atoms with Gasteiger partial charge < -0.3 is 14.6 Å². The molecule has 1 aliphatic heterocycles. The fourth-order valence-corrected chi connectivity index (χ4v) is 1.64. The Morgan fingerprint density at radius 1 is 1.27 bits per heavy atom. The van der Waals surface area contributed by atoms with Gasteiger partial charge in [-0.25, -0.2) is 0 Å². The molecule has 0 aliphatic carbocycles. The number of ether oxygens (including phenoxy) is 2. The predicted molar refractivity (Wildman–Crippen MR) is 57.5 cm³/mol. The summed E-state index contributed by atoms with van der Waals surface area (Å²) in [5, 5.41) is 9.23. The number of hydrogen-bond donors (Lipinski definition) is 1. The van der Waals surface area contributed by atoms with Crippen LogP contribution >= 0.6 is 0 Å². The van der Waals surface area contributed by atoms with Crippen molar-refractivity contribution in [2.45, 2.75) is 26.4 Å². The zero-order valence-electron chi connectivity index (χ0n) is 9.33. The van der Waals surface area contributed by atoms with Crippen molar-refractivity contribution >= 4 is 0 Å². The summed E-state index contributed by atoms with van der Waals surface area (Å²) in [5.74, 6) is 1.57. The van der Waals surface area contributed by atoms with Crippen LogP contribution in [0.15, 0.2) is 12.1 Å². The summed E-state index contributed by atoms with van der Waals surface area (Å²) in [6, 6.07) is 4.01. The van der Waals surface area contributed by atoms with Gasteiger partial charge in [0.2, 0.25) is 0 Å². The van der Waals surface area contributed by atoms with Gasteiger partial charge in [0.25, 0.3) is 0 Å². The van der Waals surface area contributed by atoms with Gasteiger partial charge in [0.05, 0.1) is 6.61 Å². The molecule has 0 aromatic heterocycles. The molecule has 0 fully saturated rings. The van der Waals surface area contributed by atoms with E-state index >= 15 is 0 Å². The first-order chi connectivity index (χ1) is 7.06. The Hall–Kier alpha value is -1.22. The fourth-order valence-electron chi connectivity index (χ4n) is 1.64. The number of aliphatic hydroxyl groups excluding tert-OH is 1. The summed E-state index contributed by atoms with van der Waals surface area (Å²) in [7, 11) is 0. The van der Waals surface area contributed by atoms with E-state index in [1.165, 1.54) is 0 Å². The molecule has 1 aromatic carbocycles. The van der Waals surface area contributed by atoms with E-state index in [1.807, 2.05) is 32.9 Å². The highest BCUT2D eigenvalue weighted by Gasteiger charge is 2.33. The van der Waals surface area contributed by atoms with Crippen molar-refractivity contribution in [2.24, 2.45) is 0 Å². The standard InChI is InChI=1S/C12H16O3/c1-8-4-5-9(2)11-10(8)14-7-12(3,6-13)15-11/h4-5,13H,6-7H2,1-3H3/t12-/m0/s1. The lowest BCUT2D eigenvalue weighted by Crippen LogP contribution is -2.45. The van der Waals surface area contributed by atoms with Crippen LogP contribution in [0, 0.1) is 13.8 Å². The lowest BCUT2D eigenvalue weighted by atomic mass is 10.1. The van der Waals surface area contributed by atoms with Crippen LogP contribution < -0.4 is 9.47 Å². The zero-order valence-corrected chi connectivity index (χ0v) is 9.33. The van der Waals surface area contributed by atoms with Gasteiger partial charge in [-0.2, -0.15) is 0 Å². The van der Waals surface area contributed by atoms with Crippen LogP contribution in [0.3, 0.4) is 0 Å². The van der Waals surface area contributed by atoms with E-state index in [9.17, 15) is 5.11 Å². The number of benzene rings is 1. The second-order valence-corrected chi connectivity index (χ2v) is 4.36. The van der Waals surface area contributed by atoms with E-state index in [1.54, 1.807) is 0 Å². The van der Waals surface area contributed by atoms with Crippen LogP contribution in [-0.4, -0.2) is 23.9 Å². The van der Waals surface area contributed by atoms with E-state index in [0.717, 1.165) is 22.6 Å². The highest BCUT2D eigenvalue weighted by molar-refractivity contribution is 5.52. The first-order valence-electron chi connectivity index (χ1n) is 5.09. The molecule has 0 saturated carbocycles. The van der Waals surface area contributed by atoms with Gasteiger partial charge in [-0.15, -0.1) is 0 Å². The molecule has 1 heterocycles. The highest BCUT2D eigenvalue weighted by Crippen LogP contribution is 2.40. The summed E-state index contributed by atoms with van der Waals surface area (Å²) in [5.41, 5.74) is 1.48. The van der Waals surface area contributed by atoms with Crippen LogP contribution in [0.2, 0.25) is 0 Å². The van der Waals surface area contributed by atoms with Crippen LogP contribution in [-0.2, 0) is 0 Å². The number of hydrogen-bond acceptors (Lipinski definition) is 3. The van der Waals surface area contributed by atoms with E-state index in [2.05, 4.69) is 0 Å². The van der Waals surface area contributed by atoms with E-state index < -0.39 is 5.60 Å². The molecule has 15 heavy (non-hydrogen) atoms. The van der Waals surface area contributed by atoms with Crippen molar-refractivity contribution in [3.8, 4) is 11.5 Å². The molecule has 82 valence electrons. The van der Waals surface area contributed by atoms with Crippen LogP contribution in [0.25, 0.3) is 0 Å². The van der Waals surface area contributed by atoms with Gasteiger partial charge in [-0.05, 0) is 31.9 Å². The largest absolute Gasteiger partial charge is 0.485 e. The molecule has 0 saturated heterocycles. The maximum Gasteiger partial charge on any atom is 0.165 e. The molecule has 3 heteroatoms. The monoisotopic (exact) mass is 208 g/mol. The molecule has 1 aliphatic rings. The summed E-state index contributed by atoms with van der Waals surface area (Å²) < 4.78 is 11.5. The quantitative estimate of drug-likeness (QED) is 0.765. The van der Waals surface area contributed by atoms with Crippen LogP contribution in [0.4, 0.5) is 0 Å². The summed E-state index contributed by atoms with van der Waals surface area (Å²) >= 11 is 0. The second kappa shape index (κ2) is 3.42. The molecular formula is C12H16O3. The van der Waals surface area contributed by atoms with Crippen LogP contribution in [0.5, 0.6) is 11.5 Å². The van der Waals surface area contributed by atoms with Crippen molar-refractivity contribution < 1.29 is 14.6 Å². The van der Waals surface area contributed by atoms with Gasteiger partial charge in [-0.3, -0.25) is 0 Å². The molecule has 0 amide bonds. The smallest absolute Gasteiger partial charge is 0.165 e. The van der Waals surface area contributed by atoms with E-state index in [-0.39, 0.29) is 6.61 Å². The molecule has 3 nitrogen and oxygen atoms in total. The van der Waals surface area contributed by atoms with Gasteiger partial charge in [0.1, 0.15) is 6.61 Å². The van der Waals surface area contributed by atoms with Gasteiger partial charge in [0.15, 0.2) is 17.1 Å². The Morgan fingerprint density at radius 2 is 1.87 bits per heavy atom. The third kappa shape index (κ3) is 1.67. The third-order valence-corrected chi connectivity index (χ3v) is 2.71. The highest BCUT2D eigenvalue weighted by atomic mass is 16.6. The lowest BCUT2D eigenvalue weighted by Gasteiger charge is -2.35. The van der Waals surface area contributed by atoms with Crippen molar-refractivity contribution in [1.82, 2.24) is 0 Å². The molecule has 1 atom stereocenters. The molecule has 0 unspecified atom stereocenters. The molecule has 2 rings (SSSR count). The average molecular weight is 208 g/mol. The Morgan fingerprint density at radius 3 is 2.47 bits per heavy atom. The first kappa shape index (κ1) is 10.3. The van der Waals surface area contributed by atoms with Crippen molar-refractivity contribution in [2.75, 3.05) is 13.2 Å². The summed E-state index contributed by atoms with van der Waals surface area (Å²) in [6.07, 6.45) is 0. The maximum atomic E-state index is 9.23. The Bertz CT molecular complexity index is 387. The Labute approximate surface area is 89.6 Å². The third-order valence-electron chi connectivity index (χ3n) is 2.71. The summed E-state index contributed by atoms with van der Waals surface area (Å²) in [4.78, 5) is 0. The number of aliphatic hydroxyl groups is 1. The molecule has 1 N–H and O–H groups in total. The normalized spacial score (nSPS) is 24.0. The SMILES string of the molecule is Cc1ccc(C)c2c1OC[C@](C)(CO)O2. The predicted octanol–water partition coefficient (Wildman–Crippen LogP) is 1.83. The molecule has 1 aromatic rings. The Balaban J connectivity index is 2.45. The zero-order chi connectivity index (χ0) is 11.1. The number of fused-ring (bicyclic) bond motifs is 1. The molecule has 0 spiro atoms. The minimum atomic E-state index is -0.619. The van der Waals surface area contributed by atoms with Gasteiger partial charge in [-0.1, -0.05) is 12.1 Å². The van der Waals surface area contributed by atoms with E-state index in [4.69, 9.17) is 9.47 Å². The summed E-state index contributed by atoms with van der Waals surface area (Å²) in [6.45, 7) is 6.16. The topological polar surface area (TPSA) is 38.7 Å². The van der Waals surface area contributed by atoms with Gasteiger partial charge >= 0.3 is 0 Å². The first-order valence-corrected chi connectivity index (χ1v) is 5.09. The second-order valence-electron chi connectivity index (χ2n) is 4.36. The van der Waals surface area contributed by atoms with Gasteiger partial charge in [0, 0.05) is 0 Å². The lowest BCUT2D eigenvalue weighted by molar-refractivity contribution is -0.0345. The fraction of sp³-hybridized carbons (Fsp3) is 0.500. The average Bonchev–Trinajstić information content (AvgIpc) is 2.24. The van der Waals surface area contributed by atoms with Crippen molar-refractivity contribution in [3.63, 3.8) is 0 Å². The number of aryl methyl sites for hydroxylation is 2. The van der Waals surface area contributed by atoms with Crippen molar-refractivity contribution in [1.29, 1.82) is 0 Å². The van der Waals surface area contributed by atoms with Crippen molar-refractivity contribution in [3.05, 3.63) is 23.3 Å². The molecule has 0 bridgehead atoms. The minimum Gasteiger partial charge on any atom is -0.485 e. The molecular weight excluding hydrogens is 192 g/mol. The molecule has 0 radical (unpaired) electrons. The minimum absolute atomic E-state index is 0.0418. The number of rotatable bonds is 1. The maximum absolute atomic E-state index is 9.23. The van der Waals surface area contributed by atoms with E-state index in [0.29, 0.717) is 6.61 Å².